The Morgan fingerprint density at radius 1 is 1.12 bits per heavy atom. The highest BCUT2D eigenvalue weighted by molar-refractivity contribution is 5.99. The molecule has 1 amide bonds. The number of aryl methyl sites for hydroxylation is 2. The Hall–Kier alpha value is -2.96. The molecule has 25 heavy (non-hydrogen) atoms. The molecule has 1 aliphatic heterocycles. The lowest BCUT2D eigenvalue weighted by Crippen LogP contribution is -2.49. The number of anilines is 1. The number of hydrogen-bond donors (Lipinski definition) is 0. The van der Waals surface area contributed by atoms with Crippen molar-refractivity contribution in [1.82, 2.24) is 24.5 Å². The van der Waals surface area contributed by atoms with Gasteiger partial charge in [-0.25, -0.2) is 14.5 Å². The Balaban J connectivity index is 1.53. The van der Waals surface area contributed by atoms with Gasteiger partial charge in [0, 0.05) is 43.8 Å². The predicted octanol–water partition coefficient (Wildman–Crippen LogP) is 1.70. The van der Waals surface area contributed by atoms with Gasteiger partial charge in [-0.05, 0) is 32.0 Å². The molecule has 1 aliphatic rings. The first kappa shape index (κ1) is 15.6. The Labute approximate surface area is 145 Å². The van der Waals surface area contributed by atoms with Crippen molar-refractivity contribution in [2.75, 3.05) is 31.1 Å². The monoisotopic (exact) mass is 336 g/mol. The number of piperazine rings is 1. The van der Waals surface area contributed by atoms with Crippen LogP contribution in [-0.2, 0) is 0 Å². The largest absolute Gasteiger partial charge is 0.353 e. The molecule has 4 rings (SSSR count). The Bertz CT molecular complexity index is 912. The fraction of sp³-hybridized carbons (Fsp3) is 0.333. The minimum absolute atomic E-state index is 0.00632. The van der Waals surface area contributed by atoms with Gasteiger partial charge < -0.3 is 9.80 Å². The van der Waals surface area contributed by atoms with E-state index in [2.05, 4.69) is 20.0 Å². The second-order valence-electron chi connectivity index (χ2n) is 6.30. The van der Waals surface area contributed by atoms with Gasteiger partial charge in [0.15, 0.2) is 5.65 Å². The van der Waals surface area contributed by atoms with E-state index in [0.717, 1.165) is 30.3 Å². The van der Waals surface area contributed by atoms with E-state index in [9.17, 15) is 4.79 Å². The third-order valence-electron chi connectivity index (χ3n) is 4.55. The van der Waals surface area contributed by atoms with Gasteiger partial charge in [-0.2, -0.15) is 5.10 Å². The van der Waals surface area contributed by atoms with Crippen molar-refractivity contribution in [3.05, 3.63) is 53.6 Å². The summed E-state index contributed by atoms with van der Waals surface area (Å²) in [5.74, 6) is 0.951. The van der Waals surface area contributed by atoms with Crippen molar-refractivity contribution in [1.29, 1.82) is 0 Å². The van der Waals surface area contributed by atoms with E-state index in [1.807, 2.05) is 43.0 Å². The zero-order valence-electron chi connectivity index (χ0n) is 14.4. The van der Waals surface area contributed by atoms with Gasteiger partial charge >= 0.3 is 0 Å². The van der Waals surface area contributed by atoms with Crippen LogP contribution in [0.5, 0.6) is 0 Å². The third-order valence-corrected chi connectivity index (χ3v) is 4.55. The number of hydrogen-bond acceptors (Lipinski definition) is 5. The molecule has 0 spiro atoms. The highest BCUT2D eigenvalue weighted by Crippen LogP contribution is 2.17. The van der Waals surface area contributed by atoms with Gasteiger partial charge in [0.1, 0.15) is 11.4 Å². The predicted molar refractivity (Wildman–Crippen MR) is 94.8 cm³/mol. The van der Waals surface area contributed by atoms with Crippen LogP contribution in [-0.4, -0.2) is 56.6 Å². The molecule has 0 saturated carbocycles. The average molecular weight is 336 g/mol. The molecule has 4 heterocycles. The molecule has 0 atom stereocenters. The van der Waals surface area contributed by atoms with Crippen LogP contribution >= 0.6 is 0 Å². The number of amides is 1. The molecule has 0 radical (unpaired) electrons. The van der Waals surface area contributed by atoms with Crippen molar-refractivity contribution in [3.8, 4) is 0 Å². The summed E-state index contributed by atoms with van der Waals surface area (Å²) in [5.41, 5.74) is 3.06. The van der Waals surface area contributed by atoms with Gasteiger partial charge in [0.2, 0.25) is 0 Å². The molecule has 7 nitrogen and oxygen atoms in total. The van der Waals surface area contributed by atoms with Crippen LogP contribution in [0.15, 0.2) is 36.7 Å². The molecule has 0 aliphatic carbocycles. The van der Waals surface area contributed by atoms with Crippen LogP contribution in [0.25, 0.3) is 5.65 Å². The average Bonchev–Trinajstić information content (AvgIpc) is 3.06. The lowest BCUT2D eigenvalue weighted by atomic mass is 10.2. The topological polar surface area (TPSA) is 66.6 Å². The quantitative estimate of drug-likeness (QED) is 0.713. The van der Waals surface area contributed by atoms with Crippen LogP contribution < -0.4 is 4.90 Å². The molecule has 3 aromatic heterocycles. The van der Waals surface area contributed by atoms with Crippen molar-refractivity contribution < 1.29 is 4.79 Å². The SMILES string of the molecule is Cc1cc(C)n2ncc(C(=O)N3CCN(c4ccccn4)CC3)c2n1. The van der Waals surface area contributed by atoms with E-state index in [1.54, 1.807) is 16.9 Å². The number of carbonyl (C=O) groups is 1. The molecular formula is C18H20N6O. The van der Waals surface area contributed by atoms with Crippen LogP contribution in [0.4, 0.5) is 5.82 Å². The lowest BCUT2D eigenvalue weighted by Gasteiger charge is -2.35. The summed E-state index contributed by atoms with van der Waals surface area (Å²) in [6.45, 7) is 6.77. The van der Waals surface area contributed by atoms with E-state index in [0.29, 0.717) is 24.3 Å². The van der Waals surface area contributed by atoms with Crippen molar-refractivity contribution in [2.24, 2.45) is 0 Å². The maximum atomic E-state index is 12.9. The normalized spacial score (nSPS) is 15.0. The lowest BCUT2D eigenvalue weighted by molar-refractivity contribution is 0.0748. The Morgan fingerprint density at radius 2 is 1.92 bits per heavy atom. The molecule has 1 fully saturated rings. The molecule has 7 heteroatoms. The minimum atomic E-state index is -0.00632. The maximum absolute atomic E-state index is 12.9. The van der Waals surface area contributed by atoms with Crippen LogP contribution in [0, 0.1) is 13.8 Å². The zero-order chi connectivity index (χ0) is 17.4. The van der Waals surface area contributed by atoms with Crippen LogP contribution in [0.3, 0.4) is 0 Å². The van der Waals surface area contributed by atoms with Crippen LogP contribution in [0.2, 0.25) is 0 Å². The molecule has 0 aromatic carbocycles. The number of carbonyl (C=O) groups excluding carboxylic acids is 1. The zero-order valence-corrected chi connectivity index (χ0v) is 14.4. The van der Waals surface area contributed by atoms with E-state index in [1.165, 1.54) is 0 Å². The number of fused-ring (bicyclic) bond motifs is 1. The van der Waals surface area contributed by atoms with Gasteiger partial charge in [-0.15, -0.1) is 0 Å². The standard InChI is InChI=1S/C18H20N6O/c1-13-11-14(2)24-17(21-13)15(12-20-24)18(25)23-9-7-22(8-10-23)16-5-3-4-6-19-16/h3-6,11-12H,7-10H2,1-2H3. The molecule has 128 valence electrons. The molecule has 0 bridgehead atoms. The molecule has 3 aromatic rings. The summed E-state index contributed by atoms with van der Waals surface area (Å²) in [4.78, 5) is 25.9. The van der Waals surface area contributed by atoms with E-state index >= 15 is 0 Å². The van der Waals surface area contributed by atoms with Gasteiger partial charge in [0.25, 0.3) is 5.91 Å². The molecule has 0 N–H and O–H groups in total. The van der Waals surface area contributed by atoms with E-state index in [4.69, 9.17) is 0 Å². The highest BCUT2D eigenvalue weighted by atomic mass is 16.2. The third kappa shape index (κ3) is 2.82. The first-order chi connectivity index (χ1) is 12.1. The Morgan fingerprint density at radius 3 is 2.64 bits per heavy atom. The minimum Gasteiger partial charge on any atom is -0.353 e. The summed E-state index contributed by atoms with van der Waals surface area (Å²) in [5, 5.41) is 4.32. The second-order valence-corrected chi connectivity index (χ2v) is 6.30. The first-order valence-corrected chi connectivity index (χ1v) is 8.41. The van der Waals surface area contributed by atoms with Crippen molar-refractivity contribution in [3.63, 3.8) is 0 Å². The molecule has 1 saturated heterocycles. The number of aromatic nitrogens is 4. The fourth-order valence-corrected chi connectivity index (χ4v) is 3.27. The summed E-state index contributed by atoms with van der Waals surface area (Å²) in [7, 11) is 0. The second kappa shape index (κ2) is 6.16. The molecular weight excluding hydrogens is 316 g/mol. The summed E-state index contributed by atoms with van der Waals surface area (Å²) < 4.78 is 1.73. The van der Waals surface area contributed by atoms with Crippen LogP contribution in [0.1, 0.15) is 21.7 Å². The summed E-state index contributed by atoms with van der Waals surface area (Å²) in [6.07, 6.45) is 3.42. The smallest absolute Gasteiger partial charge is 0.259 e. The highest BCUT2D eigenvalue weighted by Gasteiger charge is 2.25. The van der Waals surface area contributed by atoms with E-state index in [-0.39, 0.29) is 5.91 Å². The van der Waals surface area contributed by atoms with Gasteiger partial charge in [-0.1, -0.05) is 6.07 Å². The molecule has 0 unspecified atom stereocenters. The van der Waals surface area contributed by atoms with E-state index < -0.39 is 0 Å². The summed E-state index contributed by atoms with van der Waals surface area (Å²) >= 11 is 0. The fourth-order valence-electron chi connectivity index (χ4n) is 3.27. The number of rotatable bonds is 2. The van der Waals surface area contributed by atoms with Crippen molar-refractivity contribution >= 4 is 17.4 Å². The first-order valence-electron chi connectivity index (χ1n) is 8.41. The van der Waals surface area contributed by atoms with Gasteiger partial charge in [-0.3, -0.25) is 4.79 Å². The summed E-state index contributed by atoms with van der Waals surface area (Å²) in [6, 6.07) is 7.85. The number of pyridine rings is 1. The maximum Gasteiger partial charge on any atom is 0.259 e. The van der Waals surface area contributed by atoms with Gasteiger partial charge in [0.05, 0.1) is 6.20 Å². The van der Waals surface area contributed by atoms with Crippen molar-refractivity contribution in [2.45, 2.75) is 13.8 Å². The Kier molecular flexibility index (Phi) is 3.83. The number of nitrogens with zero attached hydrogens (tertiary/aromatic N) is 6.